The third-order valence-electron chi connectivity index (χ3n) is 3.19. The molecule has 74 valence electrons. The molecule has 0 heteroatoms. The number of hydrogen-bond donors (Lipinski definition) is 0. The van der Waals surface area contributed by atoms with Crippen LogP contribution in [0.25, 0.3) is 0 Å². The van der Waals surface area contributed by atoms with Crippen LogP contribution in [-0.2, 0) is 0 Å². The van der Waals surface area contributed by atoms with Crippen LogP contribution >= 0.6 is 0 Å². The second-order valence-electron chi connectivity index (χ2n) is 4.22. The van der Waals surface area contributed by atoms with Gasteiger partial charge in [-0.2, -0.15) is 0 Å². The zero-order valence-corrected chi connectivity index (χ0v) is 9.03. The normalized spacial score (nSPS) is 29.6. The highest BCUT2D eigenvalue weighted by molar-refractivity contribution is 5.37. The van der Waals surface area contributed by atoms with Gasteiger partial charge >= 0.3 is 0 Å². The minimum Gasteiger partial charge on any atom is -0.0764 e. The average molecular weight is 186 g/mol. The van der Waals surface area contributed by atoms with Crippen molar-refractivity contribution < 1.29 is 0 Å². The van der Waals surface area contributed by atoms with Crippen molar-refractivity contribution in [1.82, 2.24) is 0 Å². The second-order valence-corrected chi connectivity index (χ2v) is 4.22. The Morgan fingerprint density at radius 1 is 1.07 bits per heavy atom. The molecule has 0 radical (unpaired) electrons. The topological polar surface area (TPSA) is 0 Å². The van der Waals surface area contributed by atoms with Gasteiger partial charge in [0, 0.05) is 11.8 Å². The molecule has 0 spiro atoms. The molecule has 2 aliphatic carbocycles. The summed E-state index contributed by atoms with van der Waals surface area (Å²) in [6, 6.07) is 0. The predicted molar refractivity (Wildman–Crippen MR) is 62.0 cm³/mol. The molecule has 0 aromatic carbocycles. The van der Waals surface area contributed by atoms with Crippen LogP contribution in [0.1, 0.15) is 26.7 Å². The molecular weight excluding hydrogens is 168 g/mol. The van der Waals surface area contributed by atoms with Crippen molar-refractivity contribution in [2.24, 2.45) is 11.8 Å². The molecule has 0 aromatic rings. The SMILES string of the molecule is CCCC1=CC=C(C)C2C=CC=CC12. The minimum atomic E-state index is 0.631. The monoisotopic (exact) mass is 186 g/mol. The molecule has 0 aliphatic heterocycles. The number of fused-ring (bicyclic) bond motifs is 1. The van der Waals surface area contributed by atoms with Crippen molar-refractivity contribution in [2.75, 3.05) is 0 Å². The maximum absolute atomic E-state index is 2.35. The third kappa shape index (κ3) is 1.61. The Bertz CT molecular complexity index is 326. The Balaban J connectivity index is 2.27. The molecule has 0 nitrogen and oxygen atoms in total. The second kappa shape index (κ2) is 4.00. The van der Waals surface area contributed by atoms with Crippen LogP contribution in [-0.4, -0.2) is 0 Å². The quantitative estimate of drug-likeness (QED) is 0.610. The first-order valence-electron chi connectivity index (χ1n) is 5.55. The smallest absolute Gasteiger partial charge is 0.00833 e. The molecule has 0 saturated heterocycles. The first kappa shape index (κ1) is 9.51. The highest BCUT2D eigenvalue weighted by Gasteiger charge is 2.25. The van der Waals surface area contributed by atoms with Crippen molar-refractivity contribution in [2.45, 2.75) is 26.7 Å². The minimum absolute atomic E-state index is 0.631. The van der Waals surface area contributed by atoms with E-state index in [1.165, 1.54) is 18.4 Å². The average Bonchev–Trinajstić information content (AvgIpc) is 2.23. The summed E-state index contributed by atoms with van der Waals surface area (Å²) in [7, 11) is 0. The van der Waals surface area contributed by atoms with Gasteiger partial charge in [-0.15, -0.1) is 0 Å². The fraction of sp³-hybridized carbons (Fsp3) is 0.429. The van der Waals surface area contributed by atoms with Crippen molar-refractivity contribution in [3.8, 4) is 0 Å². The van der Waals surface area contributed by atoms with E-state index in [9.17, 15) is 0 Å². The molecular formula is C14H18. The fourth-order valence-electron chi connectivity index (χ4n) is 2.40. The van der Waals surface area contributed by atoms with Gasteiger partial charge < -0.3 is 0 Å². The number of rotatable bonds is 2. The Morgan fingerprint density at radius 3 is 2.50 bits per heavy atom. The molecule has 0 amide bonds. The number of allylic oxidation sites excluding steroid dienone is 8. The zero-order chi connectivity index (χ0) is 9.97. The fourth-order valence-corrected chi connectivity index (χ4v) is 2.40. The maximum atomic E-state index is 2.35. The van der Waals surface area contributed by atoms with Crippen LogP contribution in [0.3, 0.4) is 0 Å². The van der Waals surface area contributed by atoms with E-state index in [-0.39, 0.29) is 0 Å². The summed E-state index contributed by atoms with van der Waals surface area (Å²) in [6.07, 6.45) is 16.1. The van der Waals surface area contributed by atoms with E-state index in [0.29, 0.717) is 11.8 Å². The lowest BCUT2D eigenvalue weighted by atomic mass is 9.74. The Hall–Kier alpha value is -1.04. The van der Waals surface area contributed by atoms with E-state index in [4.69, 9.17) is 0 Å². The summed E-state index contributed by atoms with van der Waals surface area (Å²) >= 11 is 0. The summed E-state index contributed by atoms with van der Waals surface area (Å²) < 4.78 is 0. The van der Waals surface area contributed by atoms with Crippen molar-refractivity contribution in [1.29, 1.82) is 0 Å². The highest BCUT2D eigenvalue weighted by Crippen LogP contribution is 2.37. The van der Waals surface area contributed by atoms with E-state index in [0.717, 1.165) is 0 Å². The molecule has 2 aliphatic rings. The molecule has 0 heterocycles. The van der Waals surface area contributed by atoms with Crippen LogP contribution < -0.4 is 0 Å². The molecule has 0 aromatic heterocycles. The van der Waals surface area contributed by atoms with Gasteiger partial charge in [-0.25, -0.2) is 0 Å². The molecule has 0 saturated carbocycles. The van der Waals surface area contributed by atoms with Crippen LogP contribution in [0.15, 0.2) is 47.6 Å². The molecule has 2 unspecified atom stereocenters. The van der Waals surface area contributed by atoms with E-state index >= 15 is 0 Å². The van der Waals surface area contributed by atoms with Gasteiger partial charge in [0.1, 0.15) is 0 Å². The van der Waals surface area contributed by atoms with Crippen molar-refractivity contribution in [3.05, 3.63) is 47.6 Å². The lowest BCUT2D eigenvalue weighted by Crippen LogP contribution is -2.18. The summed E-state index contributed by atoms with van der Waals surface area (Å²) in [6.45, 7) is 4.49. The summed E-state index contributed by atoms with van der Waals surface area (Å²) in [5.74, 6) is 1.27. The molecule has 0 bridgehead atoms. The zero-order valence-electron chi connectivity index (χ0n) is 9.03. The molecule has 2 rings (SSSR count). The summed E-state index contributed by atoms with van der Waals surface area (Å²) in [5, 5.41) is 0. The lowest BCUT2D eigenvalue weighted by molar-refractivity contribution is 0.566. The van der Waals surface area contributed by atoms with Crippen LogP contribution in [0.5, 0.6) is 0 Å². The van der Waals surface area contributed by atoms with Gasteiger partial charge in [-0.3, -0.25) is 0 Å². The van der Waals surface area contributed by atoms with E-state index < -0.39 is 0 Å². The molecule has 14 heavy (non-hydrogen) atoms. The van der Waals surface area contributed by atoms with E-state index in [2.05, 4.69) is 50.3 Å². The van der Waals surface area contributed by atoms with Gasteiger partial charge in [0.2, 0.25) is 0 Å². The van der Waals surface area contributed by atoms with E-state index in [1.807, 2.05) is 0 Å². The maximum Gasteiger partial charge on any atom is 0.00833 e. The summed E-state index contributed by atoms with van der Waals surface area (Å²) in [4.78, 5) is 0. The molecule has 0 fully saturated rings. The standard InChI is InChI=1S/C14H18/c1-3-6-12-10-9-11(2)13-7-4-5-8-14(12)13/h4-5,7-10,13-14H,3,6H2,1-2H3. The van der Waals surface area contributed by atoms with Crippen LogP contribution in [0.4, 0.5) is 0 Å². The van der Waals surface area contributed by atoms with Crippen LogP contribution in [0.2, 0.25) is 0 Å². The largest absolute Gasteiger partial charge is 0.0764 e. The van der Waals surface area contributed by atoms with E-state index in [1.54, 1.807) is 5.57 Å². The first-order valence-corrected chi connectivity index (χ1v) is 5.55. The van der Waals surface area contributed by atoms with Gasteiger partial charge in [-0.1, -0.05) is 60.9 Å². The van der Waals surface area contributed by atoms with Gasteiger partial charge in [0.05, 0.1) is 0 Å². The van der Waals surface area contributed by atoms with Crippen molar-refractivity contribution in [3.63, 3.8) is 0 Å². The van der Waals surface area contributed by atoms with Gasteiger partial charge in [0.25, 0.3) is 0 Å². The first-order chi connectivity index (χ1) is 6.83. The number of hydrogen-bond acceptors (Lipinski definition) is 0. The van der Waals surface area contributed by atoms with Crippen LogP contribution in [0, 0.1) is 11.8 Å². The van der Waals surface area contributed by atoms with Gasteiger partial charge in [0.15, 0.2) is 0 Å². The molecule has 2 atom stereocenters. The highest BCUT2D eigenvalue weighted by atomic mass is 14.3. The Labute approximate surface area is 86.7 Å². The Morgan fingerprint density at radius 2 is 1.79 bits per heavy atom. The lowest BCUT2D eigenvalue weighted by Gasteiger charge is -2.30. The van der Waals surface area contributed by atoms with Crippen molar-refractivity contribution >= 4 is 0 Å². The third-order valence-corrected chi connectivity index (χ3v) is 3.19. The Kier molecular flexibility index (Phi) is 2.72. The summed E-state index contributed by atoms with van der Waals surface area (Å²) in [5.41, 5.74) is 3.10. The molecule has 0 N–H and O–H groups in total. The van der Waals surface area contributed by atoms with Gasteiger partial charge in [-0.05, 0) is 13.3 Å². The predicted octanol–water partition coefficient (Wildman–Crippen LogP) is 4.03.